The Bertz CT molecular complexity index is 722. The monoisotopic (exact) mass is 350 g/mol. The van der Waals surface area contributed by atoms with E-state index in [-0.39, 0.29) is 18.2 Å². The first-order valence-corrected chi connectivity index (χ1v) is 7.17. The minimum Gasteiger partial charge on any atom is -0.411 e. The summed E-state index contributed by atoms with van der Waals surface area (Å²) in [5.74, 6) is 3.74. The second-order valence-corrected chi connectivity index (χ2v) is 4.97. The molecule has 0 unspecified atom stereocenters. The van der Waals surface area contributed by atoms with Crippen LogP contribution in [-0.2, 0) is 12.8 Å². The van der Waals surface area contributed by atoms with Gasteiger partial charge in [0.25, 0.3) is 0 Å². The van der Waals surface area contributed by atoms with Crippen molar-refractivity contribution in [2.24, 2.45) is 11.1 Å². The number of ketones is 1. The number of nitrogens with zero attached hydrogens (tertiary/aromatic N) is 3. The molecular formula is C16H19ClN4O3. The molecule has 0 atom stereocenters. The molecule has 8 heteroatoms. The Morgan fingerprint density at radius 2 is 1.46 bits per heavy atom. The minimum absolute atomic E-state index is 0. The molecule has 0 saturated heterocycles. The summed E-state index contributed by atoms with van der Waals surface area (Å²) in [7, 11) is 0. The summed E-state index contributed by atoms with van der Waals surface area (Å²) >= 11 is 0. The lowest BCUT2D eigenvalue weighted by atomic mass is 10.2. The number of halogens is 1. The number of nitrogens with two attached hydrogens (primary N) is 1. The van der Waals surface area contributed by atoms with Crippen LogP contribution in [0.25, 0.3) is 0 Å². The van der Waals surface area contributed by atoms with Gasteiger partial charge in [-0.1, -0.05) is 5.16 Å². The van der Waals surface area contributed by atoms with E-state index < -0.39 is 0 Å². The van der Waals surface area contributed by atoms with Crippen LogP contribution in [0.1, 0.15) is 40.2 Å². The average molecular weight is 351 g/mol. The summed E-state index contributed by atoms with van der Waals surface area (Å²) in [5.41, 5.74) is 4.58. The van der Waals surface area contributed by atoms with E-state index in [1.54, 1.807) is 12.4 Å². The minimum atomic E-state index is 0. The molecule has 0 bridgehead atoms. The number of aromatic nitrogens is 2. The number of rotatable bonds is 0. The van der Waals surface area contributed by atoms with Crippen LogP contribution >= 0.6 is 12.4 Å². The average Bonchev–Trinajstić information content (AvgIpc) is 3.21. The van der Waals surface area contributed by atoms with Crippen molar-refractivity contribution in [1.82, 2.24) is 9.97 Å². The molecule has 7 nitrogen and oxygen atoms in total. The van der Waals surface area contributed by atoms with Gasteiger partial charge < -0.3 is 10.4 Å². The summed E-state index contributed by atoms with van der Waals surface area (Å²) in [6, 6.07) is 7.44. The fourth-order valence-corrected chi connectivity index (χ4v) is 2.63. The van der Waals surface area contributed by atoms with E-state index in [1.807, 2.05) is 24.3 Å². The van der Waals surface area contributed by atoms with Crippen LogP contribution in [0.15, 0.2) is 41.8 Å². The summed E-state index contributed by atoms with van der Waals surface area (Å²) in [4.78, 5) is 19.3. The van der Waals surface area contributed by atoms with Crippen LogP contribution in [0, 0.1) is 0 Å². The van der Waals surface area contributed by atoms with Gasteiger partial charge in [-0.2, -0.15) is 0 Å². The SMILES string of the molecule is Cl.NO.O/N=C1/CCc2ncccc21.O=C1CCc2ncccc21. The fourth-order valence-electron chi connectivity index (χ4n) is 2.63. The summed E-state index contributed by atoms with van der Waals surface area (Å²) in [6.07, 6.45) is 6.68. The molecular weight excluding hydrogens is 332 g/mol. The first-order valence-electron chi connectivity index (χ1n) is 7.17. The molecule has 4 rings (SSSR count). The van der Waals surface area contributed by atoms with Gasteiger partial charge in [-0.3, -0.25) is 14.8 Å². The predicted octanol–water partition coefficient (Wildman–Crippen LogP) is 2.17. The fraction of sp³-hybridized carbons (Fsp3) is 0.250. The normalized spacial score (nSPS) is 15.2. The van der Waals surface area contributed by atoms with Gasteiger partial charge >= 0.3 is 0 Å². The molecule has 4 N–H and O–H groups in total. The molecule has 24 heavy (non-hydrogen) atoms. The Labute approximate surface area is 145 Å². The molecule has 2 aliphatic carbocycles. The molecule has 2 heterocycles. The van der Waals surface area contributed by atoms with Gasteiger partial charge in [0.2, 0.25) is 0 Å². The highest BCUT2D eigenvalue weighted by Gasteiger charge is 2.19. The molecule has 128 valence electrons. The number of carbonyl (C=O) groups is 1. The third kappa shape index (κ3) is 4.35. The van der Waals surface area contributed by atoms with Crippen LogP contribution < -0.4 is 5.90 Å². The van der Waals surface area contributed by atoms with Crippen LogP contribution in [0.5, 0.6) is 0 Å². The number of fused-ring (bicyclic) bond motifs is 2. The van der Waals surface area contributed by atoms with Crippen molar-refractivity contribution in [3.63, 3.8) is 0 Å². The van der Waals surface area contributed by atoms with Gasteiger partial charge in [-0.15, -0.1) is 12.4 Å². The zero-order valence-electron chi connectivity index (χ0n) is 12.9. The summed E-state index contributed by atoms with van der Waals surface area (Å²) in [6.45, 7) is 0. The lowest BCUT2D eigenvalue weighted by molar-refractivity contribution is 0.0994. The number of oxime groups is 1. The smallest absolute Gasteiger partial charge is 0.165 e. The summed E-state index contributed by atoms with van der Waals surface area (Å²) in [5, 5.41) is 18.3. The quantitative estimate of drug-likeness (QED) is 0.494. The molecule has 0 aromatic carbocycles. The van der Waals surface area contributed by atoms with Gasteiger partial charge in [-0.05, 0) is 43.5 Å². The second kappa shape index (κ2) is 9.71. The van der Waals surface area contributed by atoms with Crippen LogP contribution in [0.3, 0.4) is 0 Å². The topological polar surface area (TPSA) is 122 Å². The molecule has 0 saturated carbocycles. The van der Waals surface area contributed by atoms with E-state index in [0.29, 0.717) is 6.42 Å². The first-order chi connectivity index (χ1) is 11.3. The Morgan fingerprint density at radius 1 is 0.917 bits per heavy atom. The van der Waals surface area contributed by atoms with Gasteiger partial charge in [0.05, 0.1) is 11.4 Å². The van der Waals surface area contributed by atoms with E-state index in [9.17, 15) is 4.79 Å². The van der Waals surface area contributed by atoms with Crippen molar-refractivity contribution in [1.29, 1.82) is 0 Å². The third-order valence-corrected chi connectivity index (χ3v) is 3.70. The van der Waals surface area contributed by atoms with Crippen LogP contribution in [-0.4, -0.2) is 31.9 Å². The van der Waals surface area contributed by atoms with Gasteiger partial charge in [0, 0.05) is 35.6 Å². The van der Waals surface area contributed by atoms with E-state index in [0.717, 1.165) is 47.5 Å². The molecule has 0 amide bonds. The van der Waals surface area contributed by atoms with E-state index >= 15 is 0 Å². The Hall–Kier alpha value is -2.35. The first kappa shape index (κ1) is 19.7. The predicted molar refractivity (Wildman–Crippen MR) is 91.0 cm³/mol. The molecule has 2 aliphatic rings. The number of aryl methyl sites for hydroxylation is 2. The lowest BCUT2D eigenvalue weighted by Gasteiger charge is -1.94. The van der Waals surface area contributed by atoms with Gasteiger partial charge in [0.1, 0.15) is 0 Å². The third-order valence-electron chi connectivity index (χ3n) is 3.70. The number of pyridine rings is 2. The zero-order chi connectivity index (χ0) is 16.7. The Morgan fingerprint density at radius 3 is 2.04 bits per heavy atom. The molecule has 0 spiro atoms. The maximum atomic E-state index is 11.0. The van der Waals surface area contributed by atoms with Crippen molar-refractivity contribution >= 4 is 23.9 Å². The largest absolute Gasteiger partial charge is 0.411 e. The number of hydrogen-bond donors (Lipinski definition) is 3. The lowest BCUT2D eigenvalue weighted by Crippen LogP contribution is -1.93. The van der Waals surface area contributed by atoms with E-state index in [2.05, 4.69) is 21.0 Å². The van der Waals surface area contributed by atoms with Crippen LogP contribution in [0.4, 0.5) is 0 Å². The highest BCUT2D eigenvalue weighted by Crippen LogP contribution is 2.19. The number of carbonyl (C=O) groups excluding carboxylic acids is 1. The van der Waals surface area contributed by atoms with E-state index in [1.165, 1.54) is 0 Å². The highest BCUT2D eigenvalue weighted by atomic mass is 35.5. The van der Waals surface area contributed by atoms with Gasteiger partial charge in [-0.25, -0.2) is 5.90 Å². The number of Topliss-reactive ketones (excluding diaryl/α,β-unsaturated/α-hetero) is 1. The zero-order valence-corrected chi connectivity index (χ0v) is 13.7. The molecule has 0 aliphatic heterocycles. The Balaban J connectivity index is 0.000000211. The summed E-state index contributed by atoms with van der Waals surface area (Å²) < 4.78 is 0. The van der Waals surface area contributed by atoms with E-state index in [4.69, 9.17) is 10.4 Å². The molecule has 2 aromatic rings. The number of hydrogen-bond acceptors (Lipinski definition) is 7. The van der Waals surface area contributed by atoms with Crippen LogP contribution in [0.2, 0.25) is 0 Å². The van der Waals surface area contributed by atoms with Crippen molar-refractivity contribution in [2.75, 3.05) is 0 Å². The second-order valence-electron chi connectivity index (χ2n) is 4.97. The van der Waals surface area contributed by atoms with Crippen molar-refractivity contribution in [3.05, 3.63) is 59.2 Å². The van der Waals surface area contributed by atoms with Crippen molar-refractivity contribution in [2.45, 2.75) is 25.7 Å². The van der Waals surface area contributed by atoms with Crippen molar-refractivity contribution < 1.29 is 15.2 Å². The molecule has 0 radical (unpaired) electrons. The maximum absolute atomic E-state index is 11.0. The molecule has 0 fully saturated rings. The Kier molecular flexibility index (Phi) is 7.97. The van der Waals surface area contributed by atoms with Gasteiger partial charge in [0.15, 0.2) is 5.78 Å². The van der Waals surface area contributed by atoms with Crippen molar-refractivity contribution in [3.8, 4) is 0 Å². The maximum Gasteiger partial charge on any atom is 0.165 e. The molecule has 2 aromatic heterocycles. The standard InChI is InChI=1S/C8H8N2O.C8H7NO.ClH.H3NO/c11-10-8-4-3-7-6(8)2-1-5-9-7;10-8-4-3-7-6(8)2-1-5-9-7;;1-2/h1-2,5,11H,3-4H2;1-2,5H,3-4H2;1H;2H,1H2/b10-8-;;;. The highest BCUT2D eigenvalue weighted by molar-refractivity contribution is 6.03.